The zero-order chi connectivity index (χ0) is 19.2. The van der Waals surface area contributed by atoms with E-state index < -0.39 is 6.10 Å². The van der Waals surface area contributed by atoms with E-state index in [9.17, 15) is 9.59 Å². The molecule has 0 aliphatic heterocycles. The maximum absolute atomic E-state index is 12.4. The SMILES string of the molecule is CCOC(=O)c1ccc(NC(=O)[C@H](C)Oc2cccc3ccccc23)cc1. The number of hydrogen-bond donors (Lipinski definition) is 1. The van der Waals surface area contributed by atoms with Crippen molar-refractivity contribution in [1.82, 2.24) is 0 Å². The second kappa shape index (κ2) is 8.36. The van der Waals surface area contributed by atoms with E-state index in [0.29, 0.717) is 23.6 Å². The van der Waals surface area contributed by atoms with Crippen molar-refractivity contribution in [2.75, 3.05) is 11.9 Å². The number of nitrogens with one attached hydrogen (secondary N) is 1. The van der Waals surface area contributed by atoms with Crippen molar-refractivity contribution in [2.24, 2.45) is 0 Å². The Balaban J connectivity index is 1.66. The third-order valence-electron chi connectivity index (χ3n) is 4.09. The number of rotatable bonds is 6. The highest BCUT2D eigenvalue weighted by molar-refractivity contribution is 5.96. The molecule has 3 rings (SSSR count). The zero-order valence-corrected chi connectivity index (χ0v) is 15.3. The van der Waals surface area contributed by atoms with Gasteiger partial charge in [-0.3, -0.25) is 4.79 Å². The Morgan fingerprint density at radius 3 is 2.41 bits per heavy atom. The molecule has 27 heavy (non-hydrogen) atoms. The fraction of sp³-hybridized carbons (Fsp3) is 0.182. The molecule has 0 radical (unpaired) electrons. The van der Waals surface area contributed by atoms with Crippen molar-refractivity contribution >= 4 is 28.3 Å². The molecule has 0 heterocycles. The largest absolute Gasteiger partial charge is 0.480 e. The van der Waals surface area contributed by atoms with Crippen molar-refractivity contribution in [3.05, 3.63) is 72.3 Å². The summed E-state index contributed by atoms with van der Waals surface area (Å²) >= 11 is 0. The van der Waals surface area contributed by atoms with Gasteiger partial charge in [-0.25, -0.2) is 4.79 Å². The van der Waals surface area contributed by atoms with Crippen molar-refractivity contribution < 1.29 is 19.1 Å². The van der Waals surface area contributed by atoms with E-state index in [1.165, 1.54) is 0 Å². The summed E-state index contributed by atoms with van der Waals surface area (Å²) in [5, 5.41) is 4.80. The number of hydrogen-bond acceptors (Lipinski definition) is 4. The summed E-state index contributed by atoms with van der Waals surface area (Å²) in [7, 11) is 0. The summed E-state index contributed by atoms with van der Waals surface area (Å²) in [5.74, 6) is 0.00302. The van der Waals surface area contributed by atoms with Crippen LogP contribution < -0.4 is 10.1 Å². The molecule has 0 aliphatic carbocycles. The van der Waals surface area contributed by atoms with Crippen LogP contribution >= 0.6 is 0 Å². The van der Waals surface area contributed by atoms with Crippen LogP contribution in [0.15, 0.2) is 66.7 Å². The number of fused-ring (bicyclic) bond motifs is 1. The first-order valence-electron chi connectivity index (χ1n) is 8.81. The fourth-order valence-electron chi connectivity index (χ4n) is 2.69. The molecule has 0 spiro atoms. The number of anilines is 1. The van der Waals surface area contributed by atoms with Gasteiger partial charge in [0.15, 0.2) is 6.10 Å². The van der Waals surface area contributed by atoms with Gasteiger partial charge in [0.05, 0.1) is 12.2 Å². The van der Waals surface area contributed by atoms with Gasteiger partial charge in [-0.05, 0) is 49.6 Å². The van der Waals surface area contributed by atoms with Crippen LogP contribution in [0.25, 0.3) is 10.8 Å². The molecule has 3 aromatic carbocycles. The molecule has 0 aromatic heterocycles. The normalized spacial score (nSPS) is 11.6. The highest BCUT2D eigenvalue weighted by Gasteiger charge is 2.16. The number of ether oxygens (including phenoxy) is 2. The van der Waals surface area contributed by atoms with Crippen molar-refractivity contribution in [1.29, 1.82) is 0 Å². The molecule has 5 heteroatoms. The van der Waals surface area contributed by atoms with Crippen molar-refractivity contribution in [3.8, 4) is 5.75 Å². The lowest BCUT2D eigenvalue weighted by Gasteiger charge is -2.16. The van der Waals surface area contributed by atoms with Gasteiger partial charge in [0, 0.05) is 11.1 Å². The Bertz CT molecular complexity index is 945. The van der Waals surface area contributed by atoms with E-state index in [1.807, 2.05) is 42.5 Å². The molecule has 0 fully saturated rings. The van der Waals surface area contributed by atoms with Gasteiger partial charge in [0.2, 0.25) is 0 Å². The predicted octanol–water partition coefficient (Wildman–Crippen LogP) is 4.42. The molecule has 3 aromatic rings. The summed E-state index contributed by atoms with van der Waals surface area (Å²) in [4.78, 5) is 24.1. The first kappa shape index (κ1) is 18.5. The van der Waals surface area contributed by atoms with Crippen molar-refractivity contribution in [3.63, 3.8) is 0 Å². The average Bonchev–Trinajstić information content (AvgIpc) is 2.69. The molecule has 5 nitrogen and oxygen atoms in total. The molecule has 1 amide bonds. The van der Waals surface area contributed by atoms with Gasteiger partial charge < -0.3 is 14.8 Å². The van der Waals surface area contributed by atoms with E-state index in [-0.39, 0.29) is 11.9 Å². The van der Waals surface area contributed by atoms with Crippen LogP contribution in [0.1, 0.15) is 24.2 Å². The van der Waals surface area contributed by atoms with E-state index >= 15 is 0 Å². The summed E-state index contributed by atoms with van der Waals surface area (Å²) in [6, 6.07) is 20.2. The predicted molar refractivity (Wildman–Crippen MR) is 105 cm³/mol. The van der Waals surface area contributed by atoms with Crippen LogP contribution in [0.4, 0.5) is 5.69 Å². The topological polar surface area (TPSA) is 64.6 Å². The second-order valence-corrected chi connectivity index (χ2v) is 6.02. The van der Waals surface area contributed by atoms with E-state index in [2.05, 4.69) is 5.32 Å². The fourth-order valence-corrected chi connectivity index (χ4v) is 2.69. The van der Waals surface area contributed by atoms with E-state index in [0.717, 1.165) is 10.8 Å². The standard InChI is InChI=1S/C22H21NO4/c1-3-26-22(25)17-11-13-18(14-12-17)23-21(24)15(2)27-20-10-6-8-16-7-4-5-9-19(16)20/h4-15H,3H2,1-2H3,(H,23,24)/t15-/m0/s1. The van der Waals surface area contributed by atoms with Crippen LogP contribution in [-0.4, -0.2) is 24.6 Å². The average molecular weight is 363 g/mol. The summed E-state index contributed by atoms with van der Waals surface area (Å²) < 4.78 is 10.8. The van der Waals surface area contributed by atoms with Gasteiger partial charge >= 0.3 is 5.97 Å². The van der Waals surface area contributed by atoms with Gasteiger partial charge in [-0.2, -0.15) is 0 Å². The summed E-state index contributed by atoms with van der Waals surface area (Å²) in [6.45, 7) is 3.77. The number of esters is 1. The smallest absolute Gasteiger partial charge is 0.338 e. The first-order valence-corrected chi connectivity index (χ1v) is 8.81. The first-order chi connectivity index (χ1) is 13.1. The number of amides is 1. The van der Waals surface area contributed by atoms with Crippen LogP contribution in [0, 0.1) is 0 Å². The van der Waals surface area contributed by atoms with Gasteiger partial charge in [-0.15, -0.1) is 0 Å². The Hall–Kier alpha value is -3.34. The number of benzene rings is 3. The molecule has 0 saturated heterocycles. The minimum absolute atomic E-state index is 0.271. The highest BCUT2D eigenvalue weighted by Crippen LogP contribution is 2.26. The lowest BCUT2D eigenvalue weighted by atomic mass is 10.1. The lowest BCUT2D eigenvalue weighted by Crippen LogP contribution is -2.30. The molecule has 0 aliphatic rings. The third kappa shape index (κ3) is 4.44. The highest BCUT2D eigenvalue weighted by atomic mass is 16.5. The Morgan fingerprint density at radius 2 is 1.67 bits per heavy atom. The van der Waals surface area contributed by atoms with E-state index in [1.54, 1.807) is 38.1 Å². The van der Waals surface area contributed by atoms with Gasteiger partial charge in [-0.1, -0.05) is 36.4 Å². The van der Waals surface area contributed by atoms with Crippen LogP contribution in [0.5, 0.6) is 5.75 Å². The lowest BCUT2D eigenvalue weighted by molar-refractivity contribution is -0.122. The van der Waals surface area contributed by atoms with Crippen LogP contribution in [-0.2, 0) is 9.53 Å². The molecule has 0 unspecified atom stereocenters. The molecule has 0 saturated carbocycles. The molecule has 1 N–H and O–H groups in total. The summed E-state index contributed by atoms with van der Waals surface area (Å²) in [6.07, 6.45) is -0.680. The monoisotopic (exact) mass is 363 g/mol. The Labute approximate surface area is 157 Å². The van der Waals surface area contributed by atoms with Gasteiger partial charge in [0.1, 0.15) is 5.75 Å². The number of carbonyl (C=O) groups is 2. The molecular weight excluding hydrogens is 342 g/mol. The van der Waals surface area contributed by atoms with Gasteiger partial charge in [0.25, 0.3) is 5.91 Å². The second-order valence-electron chi connectivity index (χ2n) is 6.02. The van der Waals surface area contributed by atoms with Crippen LogP contribution in [0.3, 0.4) is 0 Å². The molecule has 138 valence electrons. The minimum Gasteiger partial charge on any atom is -0.480 e. The maximum atomic E-state index is 12.4. The molecule has 1 atom stereocenters. The molecular formula is C22H21NO4. The number of carbonyl (C=O) groups excluding carboxylic acids is 2. The summed E-state index contributed by atoms with van der Waals surface area (Å²) in [5.41, 5.74) is 1.02. The zero-order valence-electron chi connectivity index (χ0n) is 15.3. The van der Waals surface area contributed by atoms with Crippen molar-refractivity contribution in [2.45, 2.75) is 20.0 Å². The third-order valence-corrected chi connectivity index (χ3v) is 4.09. The maximum Gasteiger partial charge on any atom is 0.338 e. The van der Waals surface area contributed by atoms with E-state index in [4.69, 9.17) is 9.47 Å². The molecule has 0 bridgehead atoms. The Morgan fingerprint density at radius 1 is 0.963 bits per heavy atom. The van der Waals surface area contributed by atoms with Crippen LogP contribution in [0.2, 0.25) is 0 Å². The quantitative estimate of drug-likeness (QED) is 0.658. The minimum atomic E-state index is -0.680. The Kier molecular flexibility index (Phi) is 5.71.